The van der Waals surface area contributed by atoms with E-state index in [1.807, 2.05) is 25.1 Å². The second-order valence-electron chi connectivity index (χ2n) is 6.88. The van der Waals surface area contributed by atoms with Crippen LogP contribution in [0.5, 0.6) is 0 Å². The van der Waals surface area contributed by atoms with Crippen molar-refractivity contribution in [3.63, 3.8) is 0 Å². The first-order valence-electron chi connectivity index (χ1n) is 8.74. The van der Waals surface area contributed by atoms with E-state index >= 15 is 0 Å². The lowest BCUT2D eigenvalue weighted by molar-refractivity contribution is -0.109. The van der Waals surface area contributed by atoms with Crippen LogP contribution in [-0.2, 0) is 32.3 Å². The molecule has 26 heavy (non-hydrogen) atoms. The molecule has 0 saturated carbocycles. The van der Waals surface area contributed by atoms with Crippen molar-refractivity contribution in [3.05, 3.63) is 22.9 Å². The molecule has 0 saturated heterocycles. The van der Waals surface area contributed by atoms with Crippen LogP contribution in [0.15, 0.2) is 6.07 Å². The molecule has 9 heteroatoms. The van der Waals surface area contributed by atoms with Gasteiger partial charge in [0.2, 0.25) is 16.3 Å². The van der Waals surface area contributed by atoms with E-state index in [0.29, 0.717) is 18.7 Å². The van der Waals surface area contributed by atoms with Crippen LogP contribution in [0.1, 0.15) is 36.0 Å². The van der Waals surface area contributed by atoms with Crippen molar-refractivity contribution in [1.82, 2.24) is 9.88 Å². The van der Waals surface area contributed by atoms with E-state index in [9.17, 15) is 8.42 Å². The van der Waals surface area contributed by atoms with Crippen LogP contribution < -0.4 is 10.5 Å². The Balaban J connectivity index is 2.40. The molecule has 0 spiro atoms. The quantitative estimate of drug-likeness (QED) is 0.607. The third-order valence-electron chi connectivity index (χ3n) is 4.59. The van der Waals surface area contributed by atoms with E-state index in [4.69, 9.17) is 14.6 Å². The second-order valence-corrected chi connectivity index (χ2v) is 8.73. The number of aromatic nitrogens is 1. The Morgan fingerprint density at radius 1 is 1.35 bits per heavy atom. The fraction of sp³-hybridized carbons (Fsp3) is 0.706. The summed E-state index contributed by atoms with van der Waals surface area (Å²) in [5.41, 5.74) is 2.49. The molecular weight excluding hydrogens is 356 g/mol. The van der Waals surface area contributed by atoms with E-state index in [1.54, 1.807) is 0 Å². The Morgan fingerprint density at radius 2 is 2.04 bits per heavy atom. The maximum absolute atomic E-state index is 12.1. The van der Waals surface area contributed by atoms with Gasteiger partial charge in [0, 0.05) is 20.8 Å². The van der Waals surface area contributed by atoms with E-state index in [0.717, 1.165) is 36.3 Å². The summed E-state index contributed by atoms with van der Waals surface area (Å²) >= 11 is 0. The number of methoxy groups -OCH3 is 2. The van der Waals surface area contributed by atoms with E-state index in [-0.39, 0.29) is 6.42 Å². The number of anilines is 1. The topological polar surface area (TPSA) is 107 Å². The zero-order valence-electron chi connectivity index (χ0n) is 16.0. The molecule has 0 amide bonds. The highest BCUT2D eigenvalue weighted by molar-refractivity contribution is 7.89. The van der Waals surface area contributed by atoms with Crippen LogP contribution in [0.3, 0.4) is 0 Å². The molecule has 2 heterocycles. The Labute approximate surface area is 156 Å². The fourth-order valence-electron chi connectivity index (χ4n) is 3.16. The Hall–Kier alpha value is -1.26. The molecule has 0 aromatic carbocycles. The van der Waals surface area contributed by atoms with E-state index in [1.165, 1.54) is 14.2 Å². The van der Waals surface area contributed by atoms with Crippen molar-refractivity contribution in [2.45, 2.75) is 37.2 Å². The van der Waals surface area contributed by atoms with Crippen molar-refractivity contribution < 1.29 is 17.9 Å². The van der Waals surface area contributed by atoms with Gasteiger partial charge in [0.15, 0.2) is 0 Å². The highest BCUT2D eigenvalue weighted by atomic mass is 32.2. The molecule has 3 N–H and O–H groups in total. The number of nitrogens with two attached hydrogens (primary N) is 1. The van der Waals surface area contributed by atoms with Gasteiger partial charge in [-0.2, -0.15) is 0 Å². The van der Waals surface area contributed by atoms with Crippen molar-refractivity contribution in [2.24, 2.45) is 5.14 Å². The predicted molar refractivity (Wildman–Crippen MR) is 102 cm³/mol. The first-order valence-corrected chi connectivity index (χ1v) is 10.4. The molecule has 1 aliphatic rings. The zero-order chi connectivity index (χ0) is 19.3. The maximum atomic E-state index is 12.1. The Bertz CT molecular complexity index is 705. The van der Waals surface area contributed by atoms with Crippen LogP contribution in [0, 0.1) is 0 Å². The molecule has 1 aliphatic heterocycles. The van der Waals surface area contributed by atoms with Crippen LogP contribution >= 0.6 is 0 Å². The summed E-state index contributed by atoms with van der Waals surface area (Å²) in [6.45, 7) is 1.50. The number of ether oxygens (including phenoxy) is 2. The van der Waals surface area contributed by atoms with Crippen LogP contribution in [0.4, 0.5) is 5.82 Å². The first-order chi connectivity index (χ1) is 12.3. The van der Waals surface area contributed by atoms with Gasteiger partial charge >= 0.3 is 0 Å². The molecule has 1 unspecified atom stereocenters. The smallest absolute Gasteiger partial charge is 0.212 e. The molecule has 0 radical (unpaired) electrons. The lowest BCUT2D eigenvalue weighted by atomic mass is 9.99. The summed E-state index contributed by atoms with van der Waals surface area (Å²) in [6.07, 6.45) is 2.00. The average Bonchev–Trinajstić information content (AvgIpc) is 2.58. The van der Waals surface area contributed by atoms with Crippen LogP contribution in [0.2, 0.25) is 0 Å². The second kappa shape index (κ2) is 9.09. The Morgan fingerprint density at radius 3 is 2.62 bits per heavy atom. The third kappa shape index (κ3) is 5.37. The first kappa shape index (κ1) is 21.0. The normalized spacial score (nSPS) is 15.8. The molecule has 148 valence electrons. The van der Waals surface area contributed by atoms with Gasteiger partial charge in [0.05, 0.1) is 5.25 Å². The van der Waals surface area contributed by atoms with Crippen LogP contribution in [-0.4, -0.2) is 65.0 Å². The van der Waals surface area contributed by atoms with E-state index < -0.39 is 21.6 Å². The van der Waals surface area contributed by atoms with Gasteiger partial charge in [-0.25, -0.2) is 18.5 Å². The third-order valence-corrected chi connectivity index (χ3v) is 5.92. The lowest BCUT2D eigenvalue weighted by Gasteiger charge is -2.25. The summed E-state index contributed by atoms with van der Waals surface area (Å²) in [7, 11) is 3.20. The molecule has 1 atom stereocenters. The van der Waals surface area contributed by atoms with E-state index in [2.05, 4.69) is 10.3 Å². The molecule has 0 bridgehead atoms. The molecule has 0 fully saturated rings. The van der Waals surface area contributed by atoms with Gasteiger partial charge in [-0.1, -0.05) is 6.07 Å². The summed E-state index contributed by atoms with van der Waals surface area (Å²) in [5.74, 6) is 0.814. The minimum Gasteiger partial charge on any atom is -0.370 e. The largest absolute Gasteiger partial charge is 0.370 e. The number of pyridine rings is 1. The number of fused-ring (bicyclic) bond motifs is 1. The average molecular weight is 387 g/mol. The minimum atomic E-state index is -3.69. The number of aryl methyl sites for hydroxylation is 1. The monoisotopic (exact) mass is 386 g/mol. The van der Waals surface area contributed by atoms with Crippen LogP contribution in [0.25, 0.3) is 0 Å². The standard InChI is InChI=1S/C17H30N4O4S/c1-21(2)9-7-14(26(18,22)23)11-13-10-12-6-5-8-19-16(12)20-15(13)17(24-3)25-4/h10,14,17H,5-9,11H2,1-4H3,(H,19,20)(H2,18,22,23). The number of sulfonamides is 1. The molecule has 1 aromatic rings. The lowest BCUT2D eigenvalue weighted by Crippen LogP contribution is -2.34. The number of nitrogens with one attached hydrogen (secondary N) is 1. The summed E-state index contributed by atoms with van der Waals surface area (Å²) in [5, 5.41) is 8.10. The van der Waals surface area contributed by atoms with Gasteiger partial charge in [0.25, 0.3) is 0 Å². The fourth-order valence-corrected chi connectivity index (χ4v) is 4.01. The van der Waals surface area contributed by atoms with Crippen molar-refractivity contribution in [1.29, 1.82) is 0 Å². The molecule has 0 aliphatic carbocycles. The highest BCUT2D eigenvalue weighted by Gasteiger charge is 2.27. The highest BCUT2D eigenvalue weighted by Crippen LogP contribution is 2.29. The van der Waals surface area contributed by atoms with Gasteiger partial charge < -0.3 is 19.7 Å². The maximum Gasteiger partial charge on any atom is 0.212 e. The number of nitrogens with zero attached hydrogens (tertiary/aromatic N) is 2. The summed E-state index contributed by atoms with van der Waals surface area (Å²) in [6, 6.07) is 2.02. The van der Waals surface area contributed by atoms with Gasteiger partial charge in [-0.15, -0.1) is 0 Å². The van der Waals surface area contributed by atoms with Gasteiger partial charge in [-0.05, 0) is 57.5 Å². The Kier molecular flexibility index (Phi) is 7.36. The van der Waals surface area contributed by atoms with Gasteiger partial charge in [-0.3, -0.25) is 0 Å². The molecule has 2 rings (SSSR count). The predicted octanol–water partition coefficient (Wildman–Crippen LogP) is 0.882. The number of hydrogen-bond donors (Lipinski definition) is 2. The van der Waals surface area contributed by atoms with Crippen molar-refractivity contribution >= 4 is 15.8 Å². The molecule has 1 aromatic heterocycles. The number of primary sulfonamides is 1. The van der Waals surface area contributed by atoms with Crippen molar-refractivity contribution in [3.8, 4) is 0 Å². The minimum absolute atomic E-state index is 0.283. The van der Waals surface area contributed by atoms with Crippen molar-refractivity contribution in [2.75, 3.05) is 46.7 Å². The number of hydrogen-bond acceptors (Lipinski definition) is 7. The number of rotatable bonds is 9. The summed E-state index contributed by atoms with van der Waals surface area (Å²) in [4.78, 5) is 6.62. The molecular formula is C17H30N4O4S. The molecule has 8 nitrogen and oxygen atoms in total. The zero-order valence-corrected chi connectivity index (χ0v) is 16.8. The summed E-state index contributed by atoms with van der Waals surface area (Å²) < 4.78 is 35.0. The SMILES string of the molecule is COC(OC)c1nc2c(cc1CC(CCN(C)C)S(N)(=O)=O)CCCN2. The van der Waals surface area contributed by atoms with Gasteiger partial charge in [0.1, 0.15) is 11.5 Å².